The van der Waals surface area contributed by atoms with E-state index in [2.05, 4.69) is 53.8 Å². The van der Waals surface area contributed by atoms with Crippen molar-refractivity contribution in [3.8, 4) is 0 Å². The van der Waals surface area contributed by atoms with E-state index >= 15 is 0 Å². The normalized spacial score (nSPS) is 28.5. The van der Waals surface area contributed by atoms with Crippen molar-refractivity contribution in [1.29, 1.82) is 0 Å². The van der Waals surface area contributed by atoms with Crippen LogP contribution in [0.15, 0.2) is 48.0 Å². The van der Waals surface area contributed by atoms with Gasteiger partial charge in [-0.2, -0.15) is 0 Å². The Bertz CT molecular complexity index is 1280. The molecule has 2 aliphatic carbocycles. The zero-order chi connectivity index (χ0) is 36.1. The van der Waals surface area contributed by atoms with E-state index in [1.807, 2.05) is 19.3 Å². The number of aromatic amines is 1. The van der Waals surface area contributed by atoms with E-state index in [1.165, 1.54) is 30.4 Å². The van der Waals surface area contributed by atoms with Crippen LogP contribution in [-0.2, 0) is 17.6 Å². The number of hydrogen-bond donors (Lipinski definition) is 8. The number of nitrogens with two attached hydrogens (primary N) is 1. The molecule has 9 atom stereocenters. The molecule has 1 fully saturated rings. The molecule has 1 aromatic heterocycles. The molecule has 4 rings (SSSR count). The van der Waals surface area contributed by atoms with Crippen LogP contribution < -0.4 is 16.4 Å². The van der Waals surface area contributed by atoms with Gasteiger partial charge in [0.1, 0.15) is 0 Å². The standard InChI is InChI=1S/C41H68N4O5/c1-4-6-8-11-29-14-15-32(37(46)21-29)12-9-7-10-13-36(40(48)49)38(47)24-34(27-43-3)41(50)25-31(18-30-16-17-44-39(42)22-30)19-33(41)23-35-20-28(5-2)26-45-35/h14-16,20,22,26,29,31-34,36-38,43-47,50H,4-13,17-19,21,23-25,27,42H2,1-3H3,(H,48,49). The van der Waals surface area contributed by atoms with Gasteiger partial charge in [-0.3, -0.25) is 4.79 Å². The summed E-state index contributed by atoms with van der Waals surface area (Å²) in [5.41, 5.74) is 8.52. The number of carboxylic acid groups (broad SMARTS) is 1. The van der Waals surface area contributed by atoms with Gasteiger partial charge in [0, 0.05) is 36.8 Å². The molecule has 1 aromatic rings. The average Bonchev–Trinajstić information content (AvgIpc) is 3.67. The third-order valence-electron chi connectivity index (χ3n) is 12.0. The molecule has 2 heterocycles. The number of aliphatic hydroxyl groups is 3. The maximum atomic E-state index is 12.6. The highest BCUT2D eigenvalue weighted by molar-refractivity contribution is 5.70. The van der Waals surface area contributed by atoms with Crippen molar-refractivity contribution < 1.29 is 25.2 Å². The number of aliphatic hydroxyl groups excluding tert-OH is 2. The lowest BCUT2D eigenvalue weighted by Gasteiger charge is -2.40. The predicted octanol–water partition coefficient (Wildman–Crippen LogP) is 5.97. The smallest absolute Gasteiger partial charge is 0.309 e. The van der Waals surface area contributed by atoms with Gasteiger partial charge in [-0.05, 0) is 112 Å². The van der Waals surface area contributed by atoms with Crippen molar-refractivity contribution in [3.05, 3.63) is 59.2 Å². The van der Waals surface area contributed by atoms with Crippen LogP contribution in [0, 0.1) is 35.5 Å². The van der Waals surface area contributed by atoms with Crippen molar-refractivity contribution >= 4 is 5.97 Å². The highest BCUT2D eigenvalue weighted by Gasteiger charge is 2.51. The quantitative estimate of drug-likeness (QED) is 0.0543. The van der Waals surface area contributed by atoms with E-state index in [0.717, 1.165) is 57.1 Å². The van der Waals surface area contributed by atoms with Gasteiger partial charge in [-0.1, -0.05) is 70.6 Å². The lowest BCUT2D eigenvalue weighted by Crippen LogP contribution is -2.48. The fraction of sp³-hybridized carbons (Fsp3) is 0.732. The van der Waals surface area contributed by atoms with Crippen molar-refractivity contribution in [2.75, 3.05) is 20.1 Å². The number of nitrogens with one attached hydrogen (secondary N) is 3. The lowest BCUT2D eigenvalue weighted by atomic mass is 9.73. The SMILES string of the molecule is CCCCCC1C=CC(CCCCCC(C(=O)O)C(O)CC(CNC)C2(O)CC(CC3=CCNC(N)=C3)CC2Cc2cc(CC)c[nH]2)C(O)C1. The van der Waals surface area contributed by atoms with Gasteiger partial charge >= 0.3 is 5.97 Å². The summed E-state index contributed by atoms with van der Waals surface area (Å²) in [6, 6.07) is 2.19. The Morgan fingerprint density at radius 2 is 1.90 bits per heavy atom. The van der Waals surface area contributed by atoms with Crippen molar-refractivity contribution in [1.82, 2.24) is 15.6 Å². The Kier molecular flexibility index (Phi) is 16.0. The molecule has 0 spiro atoms. The maximum absolute atomic E-state index is 12.6. The number of unbranched alkanes of at least 4 members (excludes halogenated alkanes) is 4. The first-order valence-electron chi connectivity index (χ1n) is 19.8. The molecule has 3 aliphatic rings. The fourth-order valence-corrected chi connectivity index (χ4v) is 9.12. The van der Waals surface area contributed by atoms with Gasteiger partial charge in [-0.15, -0.1) is 0 Å². The van der Waals surface area contributed by atoms with Gasteiger partial charge in [0.2, 0.25) is 0 Å². The second kappa shape index (κ2) is 19.9. The van der Waals surface area contributed by atoms with Gasteiger partial charge in [0.05, 0.1) is 29.5 Å². The first-order valence-corrected chi connectivity index (χ1v) is 19.8. The van der Waals surface area contributed by atoms with E-state index < -0.39 is 23.6 Å². The summed E-state index contributed by atoms with van der Waals surface area (Å²) < 4.78 is 0. The van der Waals surface area contributed by atoms with E-state index in [4.69, 9.17) is 5.73 Å². The topological polar surface area (TPSA) is 164 Å². The van der Waals surface area contributed by atoms with E-state index in [0.29, 0.717) is 50.5 Å². The van der Waals surface area contributed by atoms with E-state index in [1.54, 1.807) is 0 Å². The number of dihydropyridines is 1. The molecule has 0 saturated heterocycles. The Hall–Kier alpha value is -2.59. The van der Waals surface area contributed by atoms with Gasteiger partial charge in [-0.25, -0.2) is 0 Å². The number of carboxylic acids is 1. The molecule has 9 heteroatoms. The summed E-state index contributed by atoms with van der Waals surface area (Å²) in [5.74, 6) is -0.658. The summed E-state index contributed by atoms with van der Waals surface area (Å²) >= 11 is 0. The molecule has 9 unspecified atom stereocenters. The molecule has 1 aliphatic heterocycles. The molecule has 9 nitrogen and oxygen atoms in total. The summed E-state index contributed by atoms with van der Waals surface area (Å²) in [6.45, 7) is 5.53. The zero-order valence-corrected chi connectivity index (χ0v) is 31.1. The number of aliphatic carboxylic acids is 1. The highest BCUT2D eigenvalue weighted by atomic mass is 16.4. The largest absolute Gasteiger partial charge is 0.481 e. The Labute approximate surface area is 301 Å². The molecular weight excluding hydrogens is 628 g/mol. The molecule has 50 heavy (non-hydrogen) atoms. The molecule has 0 bridgehead atoms. The number of hydrogen-bond acceptors (Lipinski definition) is 7. The van der Waals surface area contributed by atoms with Crippen LogP contribution in [0.4, 0.5) is 0 Å². The minimum atomic E-state index is -1.07. The Morgan fingerprint density at radius 1 is 1.10 bits per heavy atom. The van der Waals surface area contributed by atoms with E-state index in [9.17, 15) is 25.2 Å². The number of carbonyl (C=O) groups is 1. The second-order valence-corrected chi connectivity index (χ2v) is 15.8. The predicted molar refractivity (Wildman–Crippen MR) is 201 cm³/mol. The number of H-pyrrole nitrogens is 1. The first kappa shape index (κ1) is 40.2. The van der Waals surface area contributed by atoms with Crippen LogP contribution in [0.2, 0.25) is 0 Å². The first-order chi connectivity index (χ1) is 24.1. The van der Waals surface area contributed by atoms with Crippen LogP contribution in [0.1, 0.15) is 115 Å². The number of allylic oxidation sites excluding steroid dienone is 3. The number of rotatable bonds is 22. The van der Waals surface area contributed by atoms with E-state index in [-0.39, 0.29) is 36.2 Å². The fourth-order valence-electron chi connectivity index (χ4n) is 9.12. The van der Waals surface area contributed by atoms with Crippen molar-refractivity contribution in [3.63, 3.8) is 0 Å². The van der Waals surface area contributed by atoms with Crippen molar-refractivity contribution in [2.24, 2.45) is 41.2 Å². The third kappa shape index (κ3) is 11.5. The van der Waals surface area contributed by atoms with Crippen LogP contribution in [0.3, 0.4) is 0 Å². The summed E-state index contributed by atoms with van der Waals surface area (Å²) in [7, 11) is 1.86. The number of aryl methyl sites for hydroxylation is 1. The third-order valence-corrected chi connectivity index (χ3v) is 12.0. The molecular formula is C41H68N4O5. The summed E-state index contributed by atoms with van der Waals surface area (Å²) in [4.78, 5) is 15.9. The van der Waals surface area contributed by atoms with Crippen molar-refractivity contribution in [2.45, 2.75) is 134 Å². The van der Waals surface area contributed by atoms with Crippen LogP contribution in [0.25, 0.3) is 0 Å². The summed E-state index contributed by atoms with van der Waals surface area (Å²) in [5, 5.41) is 51.5. The lowest BCUT2D eigenvalue weighted by molar-refractivity contribution is -0.148. The summed E-state index contributed by atoms with van der Waals surface area (Å²) in [6.07, 6.45) is 22.9. The second-order valence-electron chi connectivity index (χ2n) is 15.8. The van der Waals surface area contributed by atoms with Gasteiger partial charge in [0.15, 0.2) is 0 Å². The molecule has 0 aromatic carbocycles. The zero-order valence-electron chi connectivity index (χ0n) is 31.1. The molecule has 282 valence electrons. The molecule has 1 saturated carbocycles. The Balaban J connectivity index is 1.36. The maximum Gasteiger partial charge on any atom is 0.309 e. The Morgan fingerprint density at radius 3 is 2.58 bits per heavy atom. The van der Waals surface area contributed by atoms with Crippen LogP contribution >= 0.6 is 0 Å². The van der Waals surface area contributed by atoms with Crippen LogP contribution in [-0.4, -0.2) is 69.3 Å². The van der Waals surface area contributed by atoms with Gasteiger partial charge < -0.3 is 41.8 Å². The van der Waals surface area contributed by atoms with Crippen LogP contribution in [0.5, 0.6) is 0 Å². The molecule has 9 N–H and O–H groups in total. The highest BCUT2D eigenvalue weighted by Crippen LogP contribution is 2.49. The number of aromatic nitrogens is 1. The minimum absolute atomic E-state index is 0.0378. The van der Waals surface area contributed by atoms with Gasteiger partial charge in [0.25, 0.3) is 0 Å². The minimum Gasteiger partial charge on any atom is -0.481 e. The average molecular weight is 697 g/mol. The monoisotopic (exact) mass is 697 g/mol. The molecule has 0 amide bonds. The molecule has 0 radical (unpaired) electrons.